The van der Waals surface area contributed by atoms with Crippen LogP contribution >= 0.6 is 27.3 Å². The Morgan fingerprint density at radius 1 is 1.29 bits per heavy atom. The molecule has 78 valence electrons. The number of thiophene rings is 1. The summed E-state index contributed by atoms with van der Waals surface area (Å²) in [6, 6.07) is 4.70. The van der Waals surface area contributed by atoms with E-state index in [-0.39, 0.29) is 6.10 Å². The first-order valence-corrected chi connectivity index (χ1v) is 6.55. The van der Waals surface area contributed by atoms with Gasteiger partial charge in [0.25, 0.3) is 0 Å². The van der Waals surface area contributed by atoms with E-state index in [2.05, 4.69) is 33.4 Å². The van der Waals surface area contributed by atoms with Crippen LogP contribution in [0.25, 0.3) is 0 Å². The summed E-state index contributed by atoms with van der Waals surface area (Å²) >= 11 is 5.17. The highest BCUT2D eigenvalue weighted by Gasteiger charge is 2.19. The molecule has 1 heterocycles. The van der Waals surface area contributed by atoms with E-state index in [1.54, 1.807) is 11.3 Å². The molecular weight excluding hydrogens is 262 g/mol. The van der Waals surface area contributed by atoms with Crippen molar-refractivity contribution in [2.45, 2.75) is 37.8 Å². The summed E-state index contributed by atoms with van der Waals surface area (Å²) in [5.41, 5.74) is 0. The van der Waals surface area contributed by atoms with Gasteiger partial charge in [-0.15, -0.1) is 11.3 Å². The second-order valence-electron chi connectivity index (χ2n) is 3.75. The second kappa shape index (κ2) is 4.64. The van der Waals surface area contributed by atoms with Crippen molar-refractivity contribution < 1.29 is 5.11 Å². The predicted molar refractivity (Wildman–Crippen MR) is 63.9 cm³/mol. The van der Waals surface area contributed by atoms with Crippen LogP contribution in [0.2, 0.25) is 0 Å². The minimum Gasteiger partial charge on any atom is -0.393 e. The standard InChI is InChI=1S/C10H14BrNOS/c11-9-5-6-10(14-9)12-7-1-3-8(13)4-2-7/h5-8,12-13H,1-4H2. The van der Waals surface area contributed by atoms with Gasteiger partial charge in [0.2, 0.25) is 0 Å². The molecule has 0 atom stereocenters. The Morgan fingerprint density at radius 2 is 2.00 bits per heavy atom. The van der Waals surface area contributed by atoms with Crippen LogP contribution in [-0.4, -0.2) is 17.3 Å². The Hall–Kier alpha value is -0.0600. The minimum absolute atomic E-state index is 0.0666. The third-order valence-corrected chi connectivity index (χ3v) is 4.17. The normalized spacial score (nSPS) is 27.6. The maximum absolute atomic E-state index is 9.36. The van der Waals surface area contributed by atoms with Crippen LogP contribution in [0.4, 0.5) is 5.00 Å². The Labute approximate surface area is 96.5 Å². The molecule has 1 aliphatic rings. The van der Waals surface area contributed by atoms with Crippen LogP contribution in [0.5, 0.6) is 0 Å². The van der Waals surface area contributed by atoms with Crippen molar-refractivity contribution in [1.82, 2.24) is 0 Å². The summed E-state index contributed by atoms with van der Waals surface area (Å²) < 4.78 is 1.16. The molecule has 0 unspecified atom stereocenters. The second-order valence-corrected chi connectivity index (χ2v) is 6.22. The summed E-state index contributed by atoms with van der Waals surface area (Å²) in [5.74, 6) is 0. The third kappa shape index (κ3) is 2.72. The lowest BCUT2D eigenvalue weighted by molar-refractivity contribution is 0.126. The van der Waals surface area contributed by atoms with E-state index in [0.29, 0.717) is 6.04 Å². The molecule has 0 spiro atoms. The SMILES string of the molecule is OC1CCC(Nc2ccc(Br)s2)CC1. The smallest absolute Gasteiger partial charge is 0.0896 e. The van der Waals surface area contributed by atoms with E-state index in [4.69, 9.17) is 0 Å². The minimum atomic E-state index is -0.0666. The molecule has 0 radical (unpaired) electrons. The van der Waals surface area contributed by atoms with Gasteiger partial charge in [0, 0.05) is 6.04 Å². The Morgan fingerprint density at radius 3 is 2.57 bits per heavy atom. The van der Waals surface area contributed by atoms with Crippen molar-refractivity contribution in [3.63, 3.8) is 0 Å². The van der Waals surface area contributed by atoms with Crippen LogP contribution < -0.4 is 5.32 Å². The van der Waals surface area contributed by atoms with Gasteiger partial charge in [-0.2, -0.15) is 0 Å². The molecule has 0 saturated heterocycles. The number of aliphatic hydroxyl groups is 1. The fraction of sp³-hybridized carbons (Fsp3) is 0.600. The van der Waals surface area contributed by atoms with E-state index < -0.39 is 0 Å². The Bertz CT molecular complexity index is 294. The van der Waals surface area contributed by atoms with Crippen LogP contribution in [0.1, 0.15) is 25.7 Å². The molecule has 1 aromatic rings. The first-order chi connectivity index (χ1) is 6.74. The van der Waals surface area contributed by atoms with Crippen molar-refractivity contribution in [1.29, 1.82) is 0 Å². The zero-order chi connectivity index (χ0) is 9.97. The molecule has 0 aromatic carbocycles. The summed E-state index contributed by atoms with van der Waals surface area (Å²) in [6.07, 6.45) is 3.96. The van der Waals surface area contributed by atoms with Gasteiger partial charge < -0.3 is 10.4 Å². The van der Waals surface area contributed by atoms with Gasteiger partial charge in [0.05, 0.1) is 14.9 Å². The predicted octanol–water partition coefficient (Wildman–Crippen LogP) is 3.23. The van der Waals surface area contributed by atoms with Gasteiger partial charge >= 0.3 is 0 Å². The van der Waals surface area contributed by atoms with Crippen LogP contribution in [0, 0.1) is 0 Å². The maximum Gasteiger partial charge on any atom is 0.0896 e. The van der Waals surface area contributed by atoms with E-state index in [1.807, 2.05) is 0 Å². The van der Waals surface area contributed by atoms with Crippen molar-refractivity contribution >= 4 is 32.3 Å². The molecule has 2 rings (SSSR count). The highest BCUT2D eigenvalue weighted by molar-refractivity contribution is 9.11. The molecule has 1 aliphatic carbocycles. The van der Waals surface area contributed by atoms with Gasteiger partial charge in [-0.3, -0.25) is 0 Å². The highest BCUT2D eigenvalue weighted by atomic mass is 79.9. The first-order valence-electron chi connectivity index (χ1n) is 4.94. The maximum atomic E-state index is 9.36. The number of hydrogen-bond donors (Lipinski definition) is 2. The Balaban J connectivity index is 1.86. The molecule has 2 N–H and O–H groups in total. The number of aliphatic hydroxyl groups excluding tert-OH is 1. The van der Waals surface area contributed by atoms with Gasteiger partial charge in [-0.05, 0) is 53.7 Å². The van der Waals surface area contributed by atoms with E-state index in [1.165, 1.54) is 5.00 Å². The monoisotopic (exact) mass is 275 g/mol. The van der Waals surface area contributed by atoms with Gasteiger partial charge in [0.1, 0.15) is 0 Å². The van der Waals surface area contributed by atoms with Crippen LogP contribution in [0.3, 0.4) is 0 Å². The molecule has 1 fully saturated rings. The summed E-state index contributed by atoms with van der Waals surface area (Å²) in [4.78, 5) is 0. The fourth-order valence-electron chi connectivity index (χ4n) is 1.81. The topological polar surface area (TPSA) is 32.3 Å². The molecule has 0 amide bonds. The van der Waals surface area contributed by atoms with Gasteiger partial charge in [0.15, 0.2) is 0 Å². The zero-order valence-corrected chi connectivity index (χ0v) is 10.3. The average Bonchev–Trinajstić information content (AvgIpc) is 2.56. The number of hydrogen-bond acceptors (Lipinski definition) is 3. The van der Waals surface area contributed by atoms with E-state index in [0.717, 1.165) is 29.5 Å². The number of halogens is 1. The number of rotatable bonds is 2. The van der Waals surface area contributed by atoms with Crippen LogP contribution in [-0.2, 0) is 0 Å². The summed E-state index contributed by atoms with van der Waals surface area (Å²) in [6.45, 7) is 0. The van der Waals surface area contributed by atoms with Gasteiger partial charge in [-0.25, -0.2) is 0 Å². The molecular formula is C10H14BrNOS. The average molecular weight is 276 g/mol. The summed E-state index contributed by atoms with van der Waals surface area (Å²) in [5, 5.41) is 14.1. The molecule has 2 nitrogen and oxygen atoms in total. The molecule has 1 aromatic heterocycles. The van der Waals surface area contributed by atoms with Crippen LogP contribution in [0.15, 0.2) is 15.9 Å². The molecule has 0 bridgehead atoms. The lowest BCUT2D eigenvalue weighted by atomic mass is 9.93. The molecule has 14 heavy (non-hydrogen) atoms. The van der Waals surface area contributed by atoms with Crippen molar-refractivity contribution in [2.24, 2.45) is 0 Å². The zero-order valence-electron chi connectivity index (χ0n) is 7.87. The molecule has 1 saturated carbocycles. The lowest BCUT2D eigenvalue weighted by Crippen LogP contribution is -2.27. The van der Waals surface area contributed by atoms with E-state index in [9.17, 15) is 5.11 Å². The summed E-state index contributed by atoms with van der Waals surface area (Å²) in [7, 11) is 0. The van der Waals surface area contributed by atoms with Crippen molar-refractivity contribution in [3.05, 3.63) is 15.9 Å². The third-order valence-electron chi connectivity index (χ3n) is 2.62. The Kier molecular flexibility index (Phi) is 3.47. The quantitative estimate of drug-likeness (QED) is 0.869. The van der Waals surface area contributed by atoms with Crippen molar-refractivity contribution in [2.75, 3.05) is 5.32 Å². The molecule has 4 heteroatoms. The molecule has 0 aliphatic heterocycles. The first kappa shape index (κ1) is 10.5. The van der Waals surface area contributed by atoms with Gasteiger partial charge in [-0.1, -0.05) is 0 Å². The highest BCUT2D eigenvalue weighted by Crippen LogP contribution is 2.29. The lowest BCUT2D eigenvalue weighted by Gasteiger charge is -2.26. The largest absolute Gasteiger partial charge is 0.393 e. The number of nitrogens with one attached hydrogen (secondary N) is 1. The number of anilines is 1. The van der Waals surface area contributed by atoms with Crippen molar-refractivity contribution in [3.8, 4) is 0 Å². The fourth-order valence-corrected chi connectivity index (χ4v) is 3.18. The van der Waals surface area contributed by atoms with E-state index >= 15 is 0 Å².